The number of pyridine rings is 1. The average Bonchev–Trinajstić information content (AvgIpc) is 2.96. The summed E-state index contributed by atoms with van der Waals surface area (Å²) in [6, 6.07) is 14.8. The number of carbonyl (C=O) groups excluding carboxylic acids is 1. The first-order valence-corrected chi connectivity index (χ1v) is 8.37. The second-order valence-corrected chi connectivity index (χ2v) is 6.18. The predicted molar refractivity (Wildman–Crippen MR) is 99.2 cm³/mol. The van der Waals surface area contributed by atoms with Crippen LogP contribution in [-0.2, 0) is 4.74 Å². The van der Waals surface area contributed by atoms with E-state index in [1.807, 2.05) is 56.3 Å². The van der Waals surface area contributed by atoms with Crippen molar-refractivity contribution in [2.24, 2.45) is 0 Å². The molecule has 1 atom stereocenters. The van der Waals surface area contributed by atoms with Crippen LogP contribution in [0, 0.1) is 0 Å². The molecule has 2 aromatic heterocycles. The molecule has 25 heavy (non-hydrogen) atoms. The predicted octanol–water partition coefficient (Wildman–Crippen LogP) is 4.42. The quantitative estimate of drug-likeness (QED) is 0.590. The lowest BCUT2D eigenvalue weighted by Crippen LogP contribution is -2.19. The van der Waals surface area contributed by atoms with Crippen molar-refractivity contribution in [3.8, 4) is 0 Å². The maximum atomic E-state index is 12.9. The maximum absolute atomic E-state index is 12.9. The minimum atomic E-state index is -0.433. The summed E-state index contributed by atoms with van der Waals surface area (Å²) in [7, 11) is 0. The second kappa shape index (κ2) is 5.77. The van der Waals surface area contributed by atoms with Crippen molar-refractivity contribution in [2.75, 3.05) is 0 Å². The third-order valence-corrected chi connectivity index (χ3v) is 4.60. The molecule has 2 heterocycles. The first-order valence-electron chi connectivity index (χ1n) is 8.37. The topological polar surface area (TPSA) is 64.1 Å². The van der Waals surface area contributed by atoms with E-state index in [1.54, 1.807) is 10.6 Å². The van der Waals surface area contributed by atoms with Crippen LogP contribution in [0.3, 0.4) is 0 Å². The molecule has 0 aliphatic carbocycles. The van der Waals surface area contributed by atoms with Gasteiger partial charge < -0.3 is 9.72 Å². The third-order valence-electron chi connectivity index (χ3n) is 4.60. The Hall–Kier alpha value is -3.08. The summed E-state index contributed by atoms with van der Waals surface area (Å²) in [6.07, 6.45) is 0.121. The number of hydrogen-bond donors (Lipinski definition) is 1. The Balaban J connectivity index is 2.17. The van der Waals surface area contributed by atoms with Gasteiger partial charge in [0.2, 0.25) is 0 Å². The number of fused-ring (bicyclic) bond motifs is 5. The van der Waals surface area contributed by atoms with Gasteiger partial charge in [-0.25, -0.2) is 9.36 Å². The van der Waals surface area contributed by atoms with E-state index in [1.165, 1.54) is 0 Å². The third kappa shape index (κ3) is 2.31. The molecular weight excluding hydrogens is 316 g/mol. The van der Waals surface area contributed by atoms with Gasteiger partial charge in [0, 0.05) is 16.2 Å². The second-order valence-electron chi connectivity index (χ2n) is 6.18. The molecule has 1 N–H and O–H groups in total. The summed E-state index contributed by atoms with van der Waals surface area (Å²) in [5.41, 5.74) is 1.88. The number of carbonyl (C=O) groups is 1. The van der Waals surface area contributed by atoms with E-state index in [0.717, 1.165) is 22.7 Å². The number of nitrogens with one attached hydrogen (secondary N) is 1. The number of aromatic amines is 1. The normalized spacial score (nSPS) is 12.7. The van der Waals surface area contributed by atoms with E-state index in [4.69, 9.17) is 4.74 Å². The smallest absolute Gasteiger partial charge is 0.419 e. The Labute approximate surface area is 143 Å². The van der Waals surface area contributed by atoms with Crippen LogP contribution in [0.2, 0.25) is 0 Å². The lowest BCUT2D eigenvalue weighted by molar-refractivity contribution is 0.108. The SMILES string of the molecule is CCC(C)OC(=O)n1c2ccccc2c2[nH]c(=O)c3ccccc3c21. The highest BCUT2D eigenvalue weighted by molar-refractivity contribution is 6.18. The average molecular weight is 334 g/mol. The van der Waals surface area contributed by atoms with Crippen LogP contribution in [0.15, 0.2) is 53.3 Å². The van der Waals surface area contributed by atoms with Crippen molar-refractivity contribution in [3.05, 3.63) is 58.9 Å². The Morgan fingerprint density at radius 3 is 2.44 bits per heavy atom. The number of para-hydroxylation sites is 1. The Morgan fingerprint density at radius 2 is 1.72 bits per heavy atom. The van der Waals surface area contributed by atoms with Crippen LogP contribution in [-0.4, -0.2) is 21.7 Å². The van der Waals surface area contributed by atoms with Crippen LogP contribution < -0.4 is 5.56 Å². The maximum Gasteiger partial charge on any atom is 0.419 e. The summed E-state index contributed by atoms with van der Waals surface area (Å²) < 4.78 is 7.14. The fourth-order valence-electron chi connectivity index (χ4n) is 3.19. The Kier molecular flexibility index (Phi) is 3.57. The van der Waals surface area contributed by atoms with Crippen LogP contribution in [0.5, 0.6) is 0 Å². The number of benzene rings is 2. The molecule has 5 heteroatoms. The highest BCUT2D eigenvalue weighted by atomic mass is 16.6. The summed E-state index contributed by atoms with van der Waals surface area (Å²) in [6.45, 7) is 3.84. The van der Waals surface area contributed by atoms with E-state index in [-0.39, 0.29) is 11.7 Å². The number of ether oxygens (including phenoxy) is 1. The molecule has 0 bridgehead atoms. The first-order chi connectivity index (χ1) is 12.1. The molecule has 1 unspecified atom stereocenters. The summed E-state index contributed by atoms with van der Waals surface area (Å²) >= 11 is 0. The van der Waals surface area contributed by atoms with Gasteiger partial charge in [0.1, 0.15) is 6.10 Å². The van der Waals surface area contributed by atoms with Gasteiger partial charge in [-0.05, 0) is 25.5 Å². The number of H-pyrrole nitrogens is 1. The van der Waals surface area contributed by atoms with Gasteiger partial charge in [0.25, 0.3) is 5.56 Å². The molecule has 0 saturated heterocycles. The van der Waals surface area contributed by atoms with Crippen LogP contribution >= 0.6 is 0 Å². The molecule has 0 spiro atoms. The molecular formula is C20H18N2O3. The van der Waals surface area contributed by atoms with Crippen LogP contribution in [0.1, 0.15) is 20.3 Å². The summed E-state index contributed by atoms with van der Waals surface area (Å²) in [5, 5.41) is 2.11. The molecule has 126 valence electrons. The minimum absolute atomic E-state index is 0.165. The molecule has 5 nitrogen and oxygen atoms in total. The van der Waals surface area contributed by atoms with Gasteiger partial charge in [-0.2, -0.15) is 0 Å². The number of rotatable bonds is 2. The van der Waals surface area contributed by atoms with Crippen molar-refractivity contribution >= 4 is 38.8 Å². The molecule has 4 rings (SSSR count). The molecule has 0 fully saturated rings. The zero-order valence-electron chi connectivity index (χ0n) is 14.1. The van der Waals surface area contributed by atoms with E-state index in [0.29, 0.717) is 16.4 Å². The molecule has 0 aliphatic heterocycles. The highest BCUT2D eigenvalue weighted by Crippen LogP contribution is 2.31. The molecule has 0 saturated carbocycles. The Bertz CT molecular complexity index is 1170. The van der Waals surface area contributed by atoms with E-state index < -0.39 is 6.09 Å². The fourth-order valence-corrected chi connectivity index (χ4v) is 3.19. The molecule has 0 radical (unpaired) electrons. The van der Waals surface area contributed by atoms with Crippen molar-refractivity contribution in [1.29, 1.82) is 0 Å². The molecule has 0 aliphatic rings. The van der Waals surface area contributed by atoms with E-state index >= 15 is 0 Å². The summed E-state index contributed by atoms with van der Waals surface area (Å²) in [5.74, 6) is 0. The van der Waals surface area contributed by atoms with Crippen molar-refractivity contribution in [2.45, 2.75) is 26.4 Å². The van der Waals surface area contributed by atoms with Gasteiger partial charge in [0.15, 0.2) is 0 Å². The van der Waals surface area contributed by atoms with Gasteiger partial charge in [0.05, 0.1) is 16.6 Å². The standard InChI is InChI=1S/C20H18N2O3/c1-3-12(2)25-20(24)22-16-11-7-6-10-15(16)17-18(22)13-8-4-5-9-14(13)19(23)21-17/h4-12H,3H2,1-2H3,(H,21,23). The lowest BCUT2D eigenvalue weighted by Gasteiger charge is -2.13. The highest BCUT2D eigenvalue weighted by Gasteiger charge is 2.21. The summed E-state index contributed by atoms with van der Waals surface area (Å²) in [4.78, 5) is 28.3. The van der Waals surface area contributed by atoms with Gasteiger partial charge in [-0.1, -0.05) is 43.3 Å². The zero-order chi connectivity index (χ0) is 17.6. The largest absolute Gasteiger partial charge is 0.446 e. The monoisotopic (exact) mass is 334 g/mol. The van der Waals surface area contributed by atoms with Gasteiger partial charge in [-0.3, -0.25) is 4.79 Å². The zero-order valence-corrected chi connectivity index (χ0v) is 14.1. The molecule has 4 aromatic rings. The lowest BCUT2D eigenvalue weighted by atomic mass is 10.1. The van der Waals surface area contributed by atoms with Gasteiger partial charge in [-0.15, -0.1) is 0 Å². The number of nitrogens with zero attached hydrogens (tertiary/aromatic N) is 1. The minimum Gasteiger partial charge on any atom is -0.446 e. The number of aromatic nitrogens is 2. The van der Waals surface area contributed by atoms with E-state index in [2.05, 4.69) is 4.98 Å². The molecule has 0 amide bonds. The van der Waals surface area contributed by atoms with Crippen LogP contribution in [0.25, 0.3) is 32.7 Å². The fraction of sp³-hybridized carbons (Fsp3) is 0.200. The van der Waals surface area contributed by atoms with Gasteiger partial charge >= 0.3 is 6.09 Å². The Morgan fingerprint density at radius 1 is 1.08 bits per heavy atom. The van der Waals surface area contributed by atoms with Crippen molar-refractivity contribution < 1.29 is 9.53 Å². The van der Waals surface area contributed by atoms with Crippen molar-refractivity contribution in [3.63, 3.8) is 0 Å². The first kappa shape index (κ1) is 15.4. The number of hydrogen-bond acceptors (Lipinski definition) is 3. The van der Waals surface area contributed by atoms with Crippen molar-refractivity contribution in [1.82, 2.24) is 9.55 Å². The van der Waals surface area contributed by atoms with Crippen LogP contribution in [0.4, 0.5) is 4.79 Å². The van der Waals surface area contributed by atoms with E-state index in [9.17, 15) is 9.59 Å². The molecule has 2 aromatic carbocycles.